The molecule has 3 rings (SSSR count). The first-order valence-corrected chi connectivity index (χ1v) is 11.1. The highest BCUT2D eigenvalue weighted by Gasteiger charge is 2.24. The van der Waals surface area contributed by atoms with Crippen LogP contribution >= 0.6 is 11.8 Å². The second-order valence-electron chi connectivity index (χ2n) is 6.55. The summed E-state index contributed by atoms with van der Waals surface area (Å²) in [4.78, 5) is 22.4. The standard InChI is InChI=1S/C17H24N8O4S2/c1-10(23-31(26)27)11-9-12(18)20-17(19-11)30-13-14(28-3)21-16(22-15(13)29-4)25-7-5-24(2)6-8-25/h9,23H,1,5-8H2,2-4H3,(H,26,27)(H2,18,19,20). The van der Waals surface area contributed by atoms with Crippen LogP contribution in [0.3, 0.4) is 0 Å². The number of aromatic nitrogens is 4. The summed E-state index contributed by atoms with van der Waals surface area (Å²) in [6, 6.07) is 1.44. The Morgan fingerprint density at radius 1 is 1.19 bits per heavy atom. The average molecular weight is 469 g/mol. The summed E-state index contributed by atoms with van der Waals surface area (Å²) >= 11 is -1.19. The number of anilines is 2. The van der Waals surface area contributed by atoms with Crippen LogP contribution in [0.4, 0.5) is 11.8 Å². The van der Waals surface area contributed by atoms with Crippen molar-refractivity contribution in [2.24, 2.45) is 0 Å². The lowest BCUT2D eigenvalue weighted by atomic mass is 10.3. The van der Waals surface area contributed by atoms with Crippen molar-refractivity contribution in [3.05, 3.63) is 18.3 Å². The number of nitrogens with two attached hydrogens (primary N) is 1. The summed E-state index contributed by atoms with van der Waals surface area (Å²) in [5.74, 6) is 1.30. The number of nitrogen functional groups attached to an aromatic ring is 1. The molecule has 4 N–H and O–H groups in total. The van der Waals surface area contributed by atoms with E-state index in [1.54, 1.807) is 0 Å². The van der Waals surface area contributed by atoms with E-state index in [-0.39, 0.29) is 22.4 Å². The minimum atomic E-state index is -2.29. The van der Waals surface area contributed by atoms with Crippen molar-refractivity contribution in [1.82, 2.24) is 29.6 Å². The molecule has 0 bridgehead atoms. The van der Waals surface area contributed by atoms with Crippen molar-refractivity contribution >= 4 is 40.5 Å². The van der Waals surface area contributed by atoms with Gasteiger partial charge in [-0.2, -0.15) is 9.97 Å². The van der Waals surface area contributed by atoms with Gasteiger partial charge in [-0.15, -0.1) is 0 Å². The van der Waals surface area contributed by atoms with Gasteiger partial charge < -0.3 is 25.0 Å². The molecule has 0 spiro atoms. The maximum atomic E-state index is 11.0. The quantitative estimate of drug-likeness (QED) is 0.364. The highest BCUT2D eigenvalue weighted by molar-refractivity contribution is 7.99. The van der Waals surface area contributed by atoms with Gasteiger partial charge in [0.25, 0.3) is 11.3 Å². The minimum absolute atomic E-state index is 0.123. The number of hydrogen-bond donors (Lipinski definition) is 3. The topological polar surface area (TPSA) is 152 Å². The van der Waals surface area contributed by atoms with Gasteiger partial charge in [0, 0.05) is 32.2 Å². The first-order valence-electron chi connectivity index (χ1n) is 9.13. The van der Waals surface area contributed by atoms with Crippen LogP contribution in [0, 0.1) is 0 Å². The number of piperazine rings is 1. The van der Waals surface area contributed by atoms with E-state index in [0.717, 1.165) is 37.9 Å². The second-order valence-corrected chi connectivity index (χ2v) is 8.23. The van der Waals surface area contributed by atoms with Crippen LogP contribution in [0.1, 0.15) is 5.69 Å². The van der Waals surface area contributed by atoms with Gasteiger partial charge in [-0.25, -0.2) is 14.2 Å². The summed E-state index contributed by atoms with van der Waals surface area (Å²) in [7, 11) is 5.09. The fourth-order valence-corrected chi connectivity index (χ4v) is 4.03. The van der Waals surface area contributed by atoms with Crippen molar-refractivity contribution in [3.63, 3.8) is 0 Å². The molecule has 0 amide bonds. The molecule has 1 fully saturated rings. The third-order valence-corrected chi connectivity index (χ3v) is 5.74. The highest BCUT2D eigenvalue weighted by Crippen LogP contribution is 2.40. The number of ether oxygens (including phenoxy) is 2. The molecule has 0 aromatic carbocycles. The van der Waals surface area contributed by atoms with Gasteiger partial charge in [0.2, 0.25) is 17.7 Å². The lowest BCUT2D eigenvalue weighted by molar-refractivity contribution is 0.308. The van der Waals surface area contributed by atoms with Crippen LogP contribution in [0.25, 0.3) is 5.70 Å². The lowest BCUT2D eigenvalue weighted by Gasteiger charge is -2.32. The lowest BCUT2D eigenvalue weighted by Crippen LogP contribution is -2.45. The number of methoxy groups -OCH3 is 2. The highest BCUT2D eigenvalue weighted by atomic mass is 32.2. The molecule has 0 radical (unpaired) electrons. The molecule has 1 saturated heterocycles. The van der Waals surface area contributed by atoms with Crippen LogP contribution < -0.4 is 24.8 Å². The monoisotopic (exact) mass is 468 g/mol. The molecule has 1 aliphatic rings. The Morgan fingerprint density at radius 2 is 1.81 bits per heavy atom. The second kappa shape index (κ2) is 10.1. The van der Waals surface area contributed by atoms with Gasteiger partial charge in [0.05, 0.1) is 25.6 Å². The van der Waals surface area contributed by atoms with Gasteiger partial charge in [-0.05, 0) is 18.8 Å². The van der Waals surface area contributed by atoms with E-state index in [2.05, 4.69) is 48.1 Å². The molecule has 2 aromatic rings. The number of nitrogens with one attached hydrogen (secondary N) is 1. The number of likely N-dealkylation sites (N-methyl/N-ethyl adjacent to an activating group) is 1. The molecule has 1 aliphatic heterocycles. The Bertz CT molecular complexity index is 960. The van der Waals surface area contributed by atoms with E-state index in [4.69, 9.17) is 19.8 Å². The zero-order valence-electron chi connectivity index (χ0n) is 17.4. The Kier molecular flexibility index (Phi) is 7.48. The van der Waals surface area contributed by atoms with Crippen LogP contribution in [-0.2, 0) is 11.3 Å². The molecule has 0 saturated carbocycles. The molecular formula is C17H24N8O4S2. The average Bonchev–Trinajstić information content (AvgIpc) is 2.73. The van der Waals surface area contributed by atoms with Gasteiger partial charge in [-0.3, -0.25) is 9.27 Å². The SMILES string of the molecule is C=C(NS(=O)O)c1cc(N)nc(Sc2c(OC)nc(N3CCN(C)CC3)nc2OC)n1. The van der Waals surface area contributed by atoms with Crippen LogP contribution in [-0.4, -0.2) is 81.0 Å². The van der Waals surface area contributed by atoms with Crippen molar-refractivity contribution in [3.8, 4) is 11.8 Å². The van der Waals surface area contributed by atoms with Crippen molar-refractivity contribution in [2.75, 3.05) is 58.1 Å². The zero-order chi connectivity index (χ0) is 22.5. The normalized spacial score (nSPS) is 15.4. The Labute approximate surface area is 186 Å². The number of nitrogens with zero attached hydrogens (tertiary/aromatic N) is 6. The maximum Gasteiger partial charge on any atom is 0.259 e. The molecule has 2 aromatic heterocycles. The zero-order valence-corrected chi connectivity index (χ0v) is 19.0. The Hall–Kier alpha value is -2.68. The Balaban J connectivity index is 1.93. The third kappa shape index (κ3) is 5.72. The summed E-state index contributed by atoms with van der Waals surface area (Å²) in [5, 5.41) is 0.245. The molecule has 1 atom stereocenters. The minimum Gasteiger partial charge on any atom is -0.480 e. The fourth-order valence-electron chi connectivity index (χ4n) is 2.80. The van der Waals surface area contributed by atoms with E-state index in [1.165, 1.54) is 20.3 Å². The van der Waals surface area contributed by atoms with Crippen molar-refractivity contribution in [1.29, 1.82) is 0 Å². The smallest absolute Gasteiger partial charge is 0.259 e. The van der Waals surface area contributed by atoms with Gasteiger partial charge in [0.15, 0.2) is 5.16 Å². The largest absolute Gasteiger partial charge is 0.480 e. The maximum absolute atomic E-state index is 11.0. The van der Waals surface area contributed by atoms with Crippen LogP contribution in [0.5, 0.6) is 11.8 Å². The van der Waals surface area contributed by atoms with E-state index in [9.17, 15) is 4.21 Å². The molecule has 1 unspecified atom stereocenters. The molecule has 0 aliphatic carbocycles. The number of rotatable bonds is 8. The summed E-state index contributed by atoms with van der Waals surface area (Å²) in [6.45, 7) is 7.08. The van der Waals surface area contributed by atoms with E-state index < -0.39 is 11.3 Å². The summed E-state index contributed by atoms with van der Waals surface area (Å²) in [6.07, 6.45) is 0. The first kappa shape index (κ1) is 23.0. The van der Waals surface area contributed by atoms with E-state index >= 15 is 0 Å². The predicted octanol–water partition coefficient (Wildman–Crippen LogP) is 0.466. The molecule has 168 valence electrons. The van der Waals surface area contributed by atoms with Crippen LogP contribution in [0.15, 0.2) is 22.7 Å². The molecular weight excluding hydrogens is 444 g/mol. The van der Waals surface area contributed by atoms with Gasteiger partial charge in [0.1, 0.15) is 10.7 Å². The van der Waals surface area contributed by atoms with E-state index in [1.807, 2.05) is 0 Å². The van der Waals surface area contributed by atoms with E-state index in [0.29, 0.717) is 22.6 Å². The molecule has 12 nitrogen and oxygen atoms in total. The third-order valence-electron chi connectivity index (χ3n) is 4.40. The van der Waals surface area contributed by atoms with Crippen molar-refractivity contribution < 1.29 is 18.2 Å². The molecule has 14 heteroatoms. The fraction of sp³-hybridized carbons (Fsp3) is 0.412. The Morgan fingerprint density at radius 3 is 2.35 bits per heavy atom. The number of hydrogen-bond acceptors (Lipinski definition) is 11. The predicted molar refractivity (Wildman–Crippen MR) is 118 cm³/mol. The molecule has 31 heavy (non-hydrogen) atoms. The van der Waals surface area contributed by atoms with Crippen LogP contribution in [0.2, 0.25) is 0 Å². The van der Waals surface area contributed by atoms with Gasteiger partial charge in [-0.1, -0.05) is 6.58 Å². The van der Waals surface area contributed by atoms with Crippen molar-refractivity contribution in [2.45, 2.75) is 10.1 Å². The molecule has 3 heterocycles. The first-order chi connectivity index (χ1) is 14.8. The summed E-state index contributed by atoms with van der Waals surface area (Å²) in [5.41, 5.74) is 6.27. The summed E-state index contributed by atoms with van der Waals surface area (Å²) < 4.78 is 33.3. The van der Waals surface area contributed by atoms with Gasteiger partial charge >= 0.3 is 0 Å².